The Balaban J connectivity index is 1.99. The number of likely N-dealkylation sites (N-methyl/N-ethyl adjacent to an activating group) is 1. The standard InChI is InChI=1S/C20H31NO/c1-18(2)17-11-12-19(18,3)20(15-17,22-14-13-21(4)5)16-9-7-6-8-10-16/h6-10,17H,11-15H2,1-5H3/t17-,19-,20+/m0/s1. The second kappa shape index (κ2) is 5.35. The Kier molecular flexibility index (Phi) is 3.89. The molecule has 2 fully saturated rings. The van der Waals surface area contributed by atoms with Crippen LogP contribution in [0.1, 0.15) is 45.6 Å². The van der Waals surface area contributed by atoms with Gasteiger partial charge in [0, 0.05) is 12.0 Å². The average molecular weight is 301 g/mol. The fraction of sp³-hybridized carbons (Fsp3) is 0.700. The lowest BCUT2D eigenvalue weighted by atomic mass is 9.62. The van der Waals surface area contributed by atoms with Crippen molar-refractivity contribution in [1.29, 1.82) is 0 Å². The van der Waals surface area contributed by atoms with Gasteiger partial charge in [0.25, 0.3) is 0 Å². The fourth-order valence-corrected chi connectivity index (χ4v) is 5.10. The maximum atomic E-state index is 6.72. The van der Waals surface area contributed by atoms with Crippen molar-refractivity contribution in [2.24, 2.45) is 16.7 Å². The van der Waals surface area contributed by atoms with Gasteiger partial charge in [-0.15, -0.1) is 0 Å². The van der Waals surface area contributed by atoms with Gasteiger partial charge in [0.05, 0.1) is 12.2 Å². The van der Waals surface area contributed by atoms with Crippen molar-refractivity contribution in [3.63, 3.8) is 0 Å². The van der Waals surface area contributed by atoms with Crippen LogP contribution in [-0.4, -0.2) is 32.1 Å². The van der Waals surface area contributed by atoms with Gasteiger partial charge in [0.1, 0.15) is 0 Å². The first-order valence-corrected chi connectivity index (χ1v) is 8.68. The molecule has 2 bridgehead atoms. The lowest BCUT2D eigenvalue weighted by Gasteiger charge is -2.49. The van der Waals surface area contributed by atoms with E-state index < -0.39 is 0 Å². The van der Waals surface area contributed by atoms with Crippen LogP contribution in [0.2, 0.25) is 0 Å². The molecular weight excluding hydrogens is 270 g/mol. The molecule has 122 valence electrons. The number of hydrogen-bond donors (Lipinski definition) is 0. The van der Waals surface area contributed by atoms with Crippen molar-refractivity contribution >= 4 is 0 Å². The lowest BCUT2D eigenvalue weighted by molar-refractivity contribution is -0.148. The molecule has 2 heteroatoms. The Morgan fingerprint density at radius 3 is 2.32 bits per heavy atom. The summed E-state index contributed by atoms with van der Waals surface area (Å²) in [5.41, 5.74) is 1.84. The zero-order valence-electron chi connectivity index (χ0n) is 14.9. The molecule has 1 aromatic carbocycles. The number of rotatable bonds is 5. The zero-order valence-corrected chi connectivity index (χ0v) is 14.9. The number of benzene rings is 1. The van der Waals surface area contributed by atoms with Crippen molar-refractivity contribution in [2.75, 3.05) is 27.2 Å². The van der Waals surface area contributed by atoms with Gasteiger partial charge >= 0.3 is 0 Å². The van der Waals surface area contributed by atoms with Gasteiger partial charge in [-0.1, -0.05) is 51.1 Å². The minimum Gasteiger partial charge on any atom is -0.368 e. The molecule has 2 aliphatic carbocycles. The summed E-state index contributed by atoms with van der Waals surface area (Å²) in [5, 5.41) is 0. The summed E-state index contributed by atoms with van der Waals surface area (Å²) in [6, 6.07) is 11.0. The van der Waals surface area contributed by atoms with Gasteiger partial charge in [-0.05, 0) is 50.3 Å². The SMILES string of the molecule is CN(C)CCO[C@@]1(c2ccccc2)C[C@@H]2CC[C@@]1(C)C2(C)C. The fourth-order valence-electron chi connectivity index (χ4n) is 5.10. The van der Waals surface area contributed by atoms with Crippen LogP contribution in [0, 0.1) is 16.7 Å². The molecule has 22 heavy (non-hydrogen) atoms. The minimum absolute atomic E-state index is 0.114. The summed E-state index contributed by atoms with van der Waals surface area (Å²) >= 11 is 0. The van der Waals surface area contributed by atoms with Crippen molar-refractivity contribution in [3.05, 3.63) is 35.9 Å². The molecule has 0 amide bonds. The number of hydrogen-bond acceptors (Lipinski definition) is 2. The molecule has 2 aliphatic rings. The largest absolute Gasteiger partial charge is 0.368 e. The van der Waals surface area contributed by atoms with E-state index in [1.54, 1.807) is 0 Å². The Hall–Kier alpha value is -0.860. The van der Waals surface area contributed by atoms with Gasteiger partial charge in [-0.3, -0.25) is 0 Å². The van der Waals surface area contributed by atoms with E-state index in [2.05, 4.69) is 70.1 Å². The van der Waals surface area contributed by atoms with Crippen molar-refractivity contribution in [1.82, 2.24) is 4.90 Å². The monoisotopic (exact) mass is 301 g/mol. The van der Waals surface area contributed by atoms with E-state index in [4.69, 9.17) is 4.74 Å². The molecule has 0 N–H and O–H groups in total. The summed E-state index contributed by atoms with van der Waals surface area (Å²) in [6.07, 6.45) is 3.81. The van der Waals surface area contributed by atoms with Gasteiger partial charge in [0.15, 0.2) is 0 Å². The van der Waals surface area contributed by atoms with E-state index in [-0.39, 0.29) is 11.0 Å². The number of fused-ring (bicyclic) bond motifs is 2. The van der Waals surface area contributed by atoms with E-state index in [0.29, 0.717) is 5.41 Å². The third kappa shape index (κ3) is 2.07. The van der Waals surface area contributed by atoms with E-state index in [1.807, 2.05) is 0 Å². The molecule has 0 saturated heterocycles. The summed E-state index contributed by atoms with van der Waals surface area (Å²) in [7, 11) is 4.23. The van der Waals surface area contributed by atoms with Crippen LogP contribution in [0.4, 0.5) is 0 Å². The molecular formula is C20H31NO. The molecule has 0 unspecified atom stereocenters. The summed E-state index contributed by atoms with van der Waals surface area (Å²) < 4.78 is 6.72. The van der Waals surface area contributed by atoms with E-state index in [9.17, 15) is 0 Å². The summed E-state index contributed by atoms with van der Waals surface area (Å²) in [5.74, 6) is 0.775. The molecule has 3 rings (SSSR count). The predicted molar refractivity (Wildman–Crippen MR) is 91.9 cm³/mol. The van der Waals surface area contributed by atoms with Crippen LogP contribution in [0.25, 0.3) is 0 Å². The van der Waals surface area contributed by atoms with E-state index in [0.717, 1.165) is 19.1 Å². The van der Waals surface area contributed by atoms with Gasteiger partial charge in [-0.25, -0.2) is 0 Å². The molecule has 0 heterocycles. The highest BCUT2D eigenvalue weighted by molar-refractivity contribution is 5.32. The molecule has 0 spiro atoms. The van der Waals surface area contributed by atoms with Crippen LogP contribution in [0.5, 0.6) is 0 Å². The second-order valence-corrected chi connectivity index (χ2v) is 8.34. The highest BCUT2D eigenvalue weighted by Gasteiger charge is 2.69. The van der Waals surface area contributed by atoms with Crippen molar-refractivity contribution in [3.8, 4) is 0 Å². The highest BCUT2D eigenvalue weighted by atomic mass is 16.5. The Morgan fingerprint density at radius 2 is 1.82 bits per heavy atom. The zero-order chi connectivity index (χ0) is 16.0. The van der Waals surface area contributed by atoms with Gasteiger partial charge in [0.2, 0.25) is 0 Å². The van der Waals surface area contributed by atoms with Gasteiger partial charge < -0.3 is 9.64 Å². The Labute approximate surface area is 135 Å². The van der Waals surface area contributed by atoms with Crippen LogP contribution in [0.3, 0.4) is 0 Å². The first kappa shape index (κ1) is 16.0. The maximum absolute atomic E-state index is 6.72. The van der Waals surface area contributed by atoms with Crippen molar-refractivity contribution in [2.45, 2.75) is 45.6 Å². The first-order valence-electron chi connectivity index (χ1n) is 8.68. The number of nitrogens with zero attached hydrogens (tertiary/aromatic N) is 1. The molecule has 0 aliphatic heterocycles. The maximum Gasteiger partial charge on any atom is 0.0993 e. The smallest absolute Gasteiger partial charge is 0.0993 e. The summed E-state index contributed by atoms with van der Waals surface area (Å²) in [6.45, 7) is 9.19. The molecule has 0 radical (unpaired) electrons. The quantitative estimate of drug-likeness (QED) is 0.803. The molecule has 0 aromatic heterocycles. The Bertz CT molecular complexity index is 524. The molecule has 1 aromatic rings. The van der Waals surface area contributed by atoms with Crippen LogP contribution < -0.4 is 0 Å². The van der Waals surface area contributed by atoms with Gasteiger partial charge in [-0.2, -0.15) is 0 Å². The van der Waals surface area contributed by atoms with E-state index >= 15 is 0 Å². The third-order valence-electron chi connectivity index (χ3n) is 6.99. The molecule has 2 saturated carbocycles. The van der Waals surface area contributed by atoms with Crippen LogP contribution >= 0.6 is 0 Å². The average Bonchev–Trinajstić information content (AvgIpc) is 2.80. The summed E-state index contributed by atoms with van der Waals surface area (Å²) in [4.78, 5) is 2.21. The van der Waals surface area contributed by atoms with Crippen molar-refractivity contribution < 1.29 is 4.74 Å². The van der Waals surface area contributed by atoms with Crippen LogP contribution in [0.15, 0.2) is 30.3 Å². The minimum atomic E-state index is -0.114. The molecule has 2 nitrogen and oxygen atoms in total. The first-order chi connectivity index (χ1) is 10.3. The topological polar surface area (TPSA) is 12.5 Å². The number of ether oxygens (including phenoxy) is 1. The predicted octanol–water partition coefficient (Wildman–Crippen LogP) is 4.31. The normalized spacial score (nSPS) is 36.2. The second-order valence-electron chi connectivity index (χ2n) is 8.34. The van der Waals surface area contributed by atoms with Crippen LogP contribution in [-0.2, 0) is 10.3 Å². The van der Waals surface area contributed by atoms with E-state index in [1.165, 1.54) is 24.8 Å². The Morgan fingerprint density at radius 1 is 1.14 bits per heavy atom. The highest BCUT2D eigenvalue weighted by Crippen LogP contribution is 2.73. The third-order valence-corrected chi connectivity index (χ3v) is 6.99. The molecule has 3 atom stereocenters. The lowest BCUT2D eigenvalue weighted by Crippen LogP contribution is -2.47.